The average molecular weight is 492 g/mol. The first kappa shape index (κ1) is 24.3. The van der Waals surface area contributed by atoms with E-state index in [1.54, 1.807) is 20.5 Å². The first-order valence-corrected chi connectivity index (χ1v) is 11.8. The number of furan rings is 1. The molecule has 4 rings (SSSR count). The predicted octanol–water partition coefficient (Wildman–Crippen LogP) is 4.57. The van der Waals surface area contributed by atoms with Crippen molar-refractivity contribution in [1.82, 2.24) is 15.2 Å². The molecule has 2 aromatic heterocycles. The highest BCUT2D eigenvalue weighted by molar-refractivity contribution is 7.80. The number of aromatic amines is 1. The third-order valence-electron chi connectivity index (χ3n) is 5.84. The minimum atomic E-state index is -0.118. The van der Waals surface area contributed by atoms with Crippen LogP contribution in [0.1, 0.15) is 22.5 Å². The minimum absolute atomic E-state index is 0.118. The Morgan fingerprint density at radius 2 is 1.91 bits per heavy atom. The molecule has 0 fully saturated rings. The van der Waals surface area contributed by atoms with Crippen LogP contribution in [-0.2, 0) is 19.5 Å². The van der Waals surface area contributed by atoms with Crippen LogP contribution >= 0.6 is 12.2 Å². The summed E-state index contributed by atoms with van der Waals surface area (Å²) in [4.78, 5) is 17.9. The van der Waals surface area contributed by atoms with Crippen molar-refractivity contribution in [3.8, 4) is 11.5 Å². The Balaban J connectivity index is 1.55. The second-order valence-corrected chi connectivity index (χ2v) is 8.70. The van der Waals surface area contributed by atoms with Gasteiger partial charge < -0.3 is 29.1 Å². The van der Waals surface area contributed by atoms with Gasteiger partial charge in [-0.2, -0.15) is 0 Å². The molecule has 0 radical (unpaired) electrons. The first-order valence-electron chi connectivity index (χ1n) is 11.4. The molecule has 35 heavy (non-hydrogen) atoms. The molecular weight excluding hydrogens is 462 g/mol. The molecular formula is C27H29N3O4S. The third kappa shape index (κ3) is 6.02. The van der Waals surface area contributed by atoms with Crippen molar-refractivity contribution in [3.63, 3.8) is 0 Å². The maximum absolute atomic E-state index is 12.9. The number of thiocarbonyl (C=S) groups is 1. The Morgan fingerprint density at radius 1 is 1.09 bits per heavy atom. The maximum Gasteiger partial charge on any atom is 0.253 e. The van der Waals surface area contributed by atoms with Crippen LogP contribution < -0.4 is 20.3 Å². The highest BCUT2D eigenvalue weighted by Crippen LogP contribution is 2.27. The molecule has 2 aromatic carbocycles. The van der Waals surface area contributed by atoms with E-state index < -0.39 is 0 Å². The molecule has 0 unspecified atom stereocenters. The van der Waals surface area contributed by atoms with Gasteiger partial charge in [-0.05, 0) is 78.5 Å². The molecule has 182 valence electrons. The SMILES string of the molecule is COc1ccc(CCN(Cc2cc3ccc(C)cc3[nH]c2=O)C(=S)NCc2ccco2)cc1OC. The van der Waals surface area contributed by atoms with Gasteiger partial charge in [-0.3, -0.25) is 4.79 Å². The summed E-state index contributed by atoms with van der Waals surface area (Å²) in [5.74, 6) is 2.14. The Kier molecular flexibility index (Phi) is 7.72. The van der Waals surface area contributed by atoms with Gasteiger partial charge in [-0.15, -0.1) is 0 Å². The standard InChI is InChI=1S/C27H29N3O4S/c1-18-6-8-20-15-21(26(31)29-23(20)13-18)17-30(27(35)28-16-22-5-4-12-34-22)11-10-19-7-9-24(32-2)25(14-19)33-3/h4-9,12-15H,10-11,16-17H2,1-3H3,(H,28,35)(H,29,31). The van der Waals surface area contributed by atoms with Crippen LogP contribution in [0.2, 0.25) is 0 Å². The van der Waals surface area contributed by atoms with Gasteiger partial charge in [0.25, 0.3) is 5.56 Å². The molecule has 0 spiro atoms. The molecule has 0 saturated heterocycles. The van der Waals surface area contributed by atoms with E-state index >= 15 is 0 Å². The van der Waals surface area contributed by atoms with E-state index in [2.05, 4.69) is 10.3 Å². The van der Waals surface area contributed by atoms with Gasteiger partial charge in [0.2, 0.25) is 0 Å². The highest BCUT2D eigenvalue weighted by Gasteiger charge is 2.15. The average Bonchev–Trinajstić information content (AvgIpc) is 3.39. The number of aryl methyl sites for hydroxylation is 1. The Hall–Kier alpha value is -3.78. The minimum Gasteiger partial charge on any atom is -0.493 e. The van der Waals surface area contributed by atoms with Gasteiger partial charge in [-0.25, -0.2) is 0 Å². The third-order valence-corrected chi connectivity index (χ3v) is 6.24. The van der Waals surface area contributed by atoms with E-state index in [-0.39, 0.29) is 5.56 Å². The van der Waals surface area contributed by atoms with Crippen LogP contribution in [0, 0.1) is 6.92 Å². The van der Waals surface area contributed by atoms with E-state index in [4.69, 9.17) is 26.1 Å². The summed E-state index contributed by atoms with van der Waals surface area (Å²) in [6.45, 7) is 3.44. The van der Waals surface area contributed by atoms with Crippen molar-refractivity contribution in [2.45, 2.75) is 26.4 Å². The molecule has 7 nitrogen and oxygen atoms in total. The van der Waals surface area contributed by atoms with Crippen molar-refractivity contribution < 1.29 is 13.9 Å². The second-order valence-electron chi connectivity index (χ2n) is 8.31. The lowest BCUT2D eigenvalue weighted by Crippen LogP contribution is -2.41. The molecule has 0 saturated carbocycles. The molecule has 2 heterocycles. The smallest absolute Gasteiger partial charge is 0.253 e. The van der Waals surface area contributed by atoms with E-state index in [1.165, 1.54) is 0 Å². The molecule has 0 aliphatic rings. The fraction of sp³-hybridized carbons (Fsp3) is 0.259. The van der Waals surface area contributed by atoms with Crippen LogP contribution in [-0.4, -0.2) is 35.8 Å². The summed E-state index contributed by atoms with van der Waals surface area (Å²) in [5.41, 5.74) is 3.53. The molecule has 0 amide bonds. The van der Waals surface area contributed by atoms with Crippen molar-refractivity contribution in [1.29, 1.82) is 0 Å². The zero-order valence-electron chi connectivity index (χ0n) is 20.1. The predicted molar refractivity (Wildman–Crippen MR) is 141 cm³/mol. The number of nitrogens with zero attached hydrogens (tertiary/aromatic N) is 1. The van der Waals surface area contributed by atoms with Crippen LogP contribution in [0.25, 0.3) is 10.9 Å². The lowest BCUT2D eigenvalue weighted by atomic mass is 10.1. The fourth-order valence-electron chi connectivity index (χ4n) is 3.92. The van der Waals surface area contributed by atoms with Crippen molar-refractivity contribution in [3.05, 3.63) is 93.7 Å². The molecule has 2 N–H and O–H groups in total. The second kappa shape index (κ2) is 11.1. The topological polar surface area (TPSA) is 79.7 Å². The van der Waals surface area contributed by atoms with Crippen LogP contribution in [0.4, 0.5) is 0 Å². The Labute approximate surface area is 209 Å². The first-order chi connectivity index (χ1) is 17.0. The molecule has 0 bridgehead atoms. The lowest BCUT2D eigenvalue weighted by molar-refractivity contribution is 0.354. The number of pyridine rings is 1. The van der Waals surface area contributed by atoms with E-state index in [9.17, 15) is 4.79 Å². The number of ether oxygens (including phenoxy) is 2. The quantitative estimate of drug-likeness (QED) is 0.332. The lowest BCUT2D eigenvalue weighted by Gasteiger charge is -2.26. The van der Waals surface area contributed by atoms with E-state index in [1.807, 2.05) is 66.4 Å². The largest absolute Gasteiger partial charge is 0.493 e. The van der Waals surface area contributed by atoms with Gasteiger partial charge in [0.15, 0.2) is 16.6 Å². The van der Waals surface area contributed by atoms with Gasteiger partial charge in [0, 0.05) is 17.6 Å². The maximum atomic E-state index is 12.9. The Bertz CT molecular complexity index is 1360. The number of H-pyrrole nitrogens is 1. The number of hydrogen-bond donors (Lipinski definition) is 2. The summed E-state index contributed by atoms with van der Waals surface area (Å²) in [6.07, 6.45) is 2.33. The zero-order valence-corrected chi connectivity index (χ0v) is 20.9. The molecule has 0 atom stereocenters. The highest BCUT2D eigenvalue weighted by atomic mass is 32.1. The van der Waals surface area contributed by atoms with E-state index in [0.29, 0.717) is 48.2 Å². The van der Waals surface area contributed by atoms with Gasteiger partial charge in [0.05, 0.1) is 33.6 Å². The fourth-order valence-corrected chi connectivity index (χ4v) is 4.15. The number of aromatic nitrogens is 1. The molecule has 0 aliphatic carbocycles. The van der Waals surface area contributed by atoms with E-state index in [0.717, 1.165) is 27.8 Å². The number of rotatable bonds is 9. The van der Waals surface area contributed by atoms with Crippen molar-refractivity contribution in [2.75, 3.05) is 20.8 Å². The molecule has 8 heteroatoms. The van der Waals surface area contributed by atoms with Gasteiger partial charge in [0.1, 0.15) is 5.76 Å². The summed E-state index contributed by atoms with van der Waals surface area (Å²) >= 11 is 5.72. The summed E-state index contributed by atoms with van der Waals surface area (Å²) in [7, 11) is 3.24. The number of benzene rings is 2. The number of nitrogens with one attached hydrogen (secondary N) is 2. The number of fused-ring (bicyclic) bond motifs is 1. The summed E-state index contributed by atoms with van der Waals surface area (Å²) in [5, 5.41) is 4.79. The summed E-state index contributed by atoms with van der Waals surface area (Å²) < 4.78 is 16.2. The summed E-state index contributed by atoms with van der Waals surface area (Å²) in [6, 6.07) is 17.6. The van der Waals surface area contributed by atoms with Crippen LogP contribution in [0.3, 0.4) is 0 Å². The van der Waals surface area contributed by atoms with Crippen LogP contribution in [0.5, 0.6) is 11.5 Å². The van der Waals surface area contributed by atoms with Crippen LogP contribution in [0.15, 0.2) is 70.1 Å². The Morgan fingerprint density at radius 3 is 2.66 bits per heavy atom. The zero-order chi connectivity index (χ0) is 24.8. The van der Waals surface area contributed by atoms with Crippen molar-refractivity contribution >= 4 is 28.2 Å². The number of methoxy groups -OCH3 is 2. The molecule has 4 aromatic rings. The normalized spacial score (nSPS) is 10.8. The van der Waals surface area contributed by atoms with Gasteiger partial charge in [-0.1, -0.05) is 18.2 Å². The van der Waals surface area contributed by atoms with Gasteiger partial charge >= 0.3 is 0 Å². The monoisotopic (exact) mass is 491 g/mol. The van der Waals surface area contributed by atoms with Crippen molar-refractivity contribution in [2.24, 2.45) is 0 Å². The molecule has 0 aliphatic heterocycles. The number of hydrogen-bond acceptors (Lipinski definition) is 5.